The number of benzene rings is 1. The second-order valence-electron chi connectivity index (χ2n) is 4.61. The van der Waals surface area contributed by atoms with Gasteiger partial charge in [0.25, 0.3) is 10.0 Å². The Hall–Kier alpha value is -2.35. The Bertz CT molecular complexity index is 744. The predicted octanol–water partition coefficient (Wildman–Crippen LogP) is 1.16. The minimum Gasteiger partial charge on any atom is -0.481 e. The van der Waals surface area contributed by atoms with E-state index in [0.29, 0.717) is 17.1 Å². The van der Waals surface area contributed by atoms with Crippen molar-refractivity contribution >= 4 is 21.7 Å². The molecule has 0 saturated heterocycles. The maximum Gasteiger partial charge on any atom is 0.307 e. The van der Waals surface area contributed by atoms with Gasteiger partial charge in [-0.15, -0.1) is 0 Å². The Morgan fingerprint density at radius 2 is 1.95 bits per heavy atom. The number of anilines is 1. The molecule has 21 heavy (non-hydrogen) atoms. The molecule has 1 aromatic heterocycles. The first kappa shape index (κ1) is 15.0. The van der Waals surface area contributed by atoms with Gasteiger partial charge in [0.1, 0.15) is 5.82 Å². The van der Waals surface area contributed by atoms with Crippen molar-refractivity contribution in [2.24, 2.45) is 7.05 Å². The van der Waals surface area contributed by atoms with Crippen LogP contribution < -0.4 is 4.72 Å². The fourth-order valence-corrected chi connectivity index (χ4v) is 2.83. The largest absolute Gasteiger partial charge is 0.481 e. The molecule has 112 valence electrons. The van der Waals surface area contributed by atoms with E-state index in [0.717, 1.165) is 0 Å². The topological polar surface area (TPSA) is 101 Å². The van der Waals surface area contributed by atoms with Crippen LogP contribution in [-0.4, -0.2) is 29.0 Å². The third-order valence-corrected chi connectivity index (χ3v) is 4.18. The zero-order chi connectivity index (χ0) is 15.6. The number of carbonyl (C=O) groups is 1. The summed E-state index contributed by atoms with van der Waals surface area (Å²) in [6.07, 6.45) is 1.32. The van der Waals surface area contributed by atoms with E-state index >= 15 is 0 Å². The summed E-state index contributed by atoms with van der Waals surface area (Å²) in [5, 5.41) is 8.62. The van der Waals surface area contributed by atoms with Crippen LogP contribution in [0.1, 0.15) is 11.4 Å². The van der Waals surface area contributed by atoms with Gasteiger partial charge in [-0.05, 0) is 24.6 Å². The van der Waals surface area contributed by atoms with Crippen LogP contribution in [0.5, 0.6) is 0 Å². The highest BCUT2D eigenvalue weighted by atomic mass is 32.2. The lowest BCUT2D eigenvalue weighted by Gasteiger charge is -2.06. The van der Waals surface area contributed by atoms with Gasteiger partial charge in [0, 0.05) is 18.9 Å². The van der Waals surface area contributed by atoms with Crippen molar-refractivity contribution in [1.29, 1.82) is 0 Å². The number of hydrogen-bond acceptors (Lipinski definition) is 4. The maximum absolute atomic E-state index is 12.1. The number of nitrogens with one attached hydrogen (secondary N) is 1. The Morgan fingerprint density at radius 1 is 1.33 bits per heavy atom. The normalized spacial score (nSPS) is 11.3. The SMILES string of the molecule is Cc1nc(S(=O)(=O)Nc2ccc(CC(=O)O)cc2)cn1C. The van der Waals surface area contributed by atoms with Gasteiger partial charge < -0.3 is 9.67 Å². The molecule has 0 saturated carbocycles. The van der Waals surface area contributed by atoms with Gasteiger partial charge >= 0.3 is 5.97 Å². The van der Waals surface area contributed by atoms with E-state index in [2.05, 4.69) is 9.71 Å². The number of rotatable bonds is 5. The zero-order valence-electron chi connectivity index (χ0n) is 11.6. The molecule has 0 fully saturated rings. The predicted molar refractivity (Wildman–Crippen MR) is 76.5 cm³/mol. The number of carboxylic acids is 1. The maximum atomic E-state index is 12.1. The van der Waals surface area contributed by atoms with Crippen molar-refractivity contribution < 1.29 is 18.3 Å². The summed E-state index contributed by atoms with van der Waals surface area (Å²) in [5.74, 6) is -0.348. The standard InChI is InChI=1S/C13H15N3O4S/c1-9-14-12(8-16(9)2)21(19,20)15-11-5-3-10(4-6-11)7-13(17)18/h3-6,8,15H,7H2,1-2H3,(H,17,18). The molecule has 0 aliphatic rings. The van der Waals surface area contributed by atoms with E-state index < -0.39 is 16.0 Å². The van der Waals surface area contributed by atoms with E-state index in [1.807, 2.05) is 0 Å². The zero-order valence-corrected chi connectivity index (χ0v) is 12.4. The average molecular weight is 309 g/mol. The number of carboxylic acid groups (broad SMARTS) is 1. The molecule has 8 heteroatoms. The Kier molecular flexibility index (Phi) is 3.99. The number of aliphatic carboxylic acids is 1. The molecule has 2 aromatic rings. The minimum atomic E-state index is -3.75. The van der Waals surface area contributed by atoms with Crippen molar-refractivity contribution in [3.8, 4) is 0 Å². The highest BCUT2D eigenvalue weighted by molar-refractivity contribution is 7.92. The number of aromatic nitrogens is 2. The van der Waals surface area contributed by atoms with Gasteiger partial charge in [-0.1, -0.05) is 12.1 Å². The first-order chi connectivity index (χ1) is 9.78. The van der Waals surface area contributed by atoms with E-state index in [-0.39, 0.29) is 11.4 Å². The summed E-state index contributed by atoms with van der Waals surface area (Å²) in [6.45, 7) is 1.71. The molecular weight excluding hydrogens is 294 g/mol. The molecular formula is C13H15N3O4S. The molecule has 0 radical (unpaired) electrons. The molecule has 0 spiro atoms. The molecule has 0 atom stereocenters. The number of sulfonamides is 1. The third-order valence-electron chi connectivity index (χ3n) is 2.92. The van der Waals surface area contributed by atoms with Crippen molar-refractivity contribution in [3.63, 3.8) is 0 Å². The summed E-state index contributed by atoms with van der Waals surface area (Å²) in [4.78, 5) is 14.5. The quantitative estimate of drug-likeness (QED) is 0.863. The summed E-state index contributed by atoms with van der Waals surface area (Å²) in [6, 6.07) is 6.17. The fourth-order valence-electron chi connectivity index (χ4n) is 1.73. The number of imidazole rings is 1. The number of nitrogens with zero attached hydrogens (tertiary/aromatic N) is 2. The first-order valence-corrected chi connectivity index (χ1v) is 7.60. The smallest absolute Gasteiger partial charge is 0.307 e. The van der Waals surface area contributed by atoms with Crippen molar-refractivity contribution in [1.82, 2.24) is 9.55 Å². The molecule has 2 N–H and O–H groups in total. The van der Waals surface area contributed by atoms with E-state index in [9.17, 15) is 13.2 Å². The van der Waals surface area contributed by atoms with Crippen LogP contribution in [0.25, 0.3) is 0 Å². The molecule has 0 aliphatic heterocycles. The Labute approximate surface area is 122 Å². The molecule has 2 rings (SSSR count). The molecule has 1 heterocycles. The lowest BCUT2D eigenvalue weighted by molar-refractivity contribution is -0.136. The summed E-state index contributed by atoms with van der Waals surface area (Å²) in [5.41, 5.74) is 0.951. The lowest BCUT2D eigenvalue weighted by Crippen LogP contribution is -2.13. The molecule has 7 nitrogen and oxygen atoms in total. The van der Waals surface area contributed by atoms with Crippen LogP contribution in [0.2, 0.25) is 0 Å². The lowest BCUT2D eigenvalue weighted by atomic mass is 10.1. The van der Waals surface area contributed by atoms with Crippen LogP contribution >= 0.6 is 0 Å². The Morgan fingerprint density at radius 3 is 2.43 bits per heavy atom. The van der Waals surface area contributed by atoms with Crippen LogP contribution in [0, 0.1) is 6.92 Å². The first-order valence-electron chi connectivity index (χ1n) is 6.11. The summed E-state index contributed by atoms with van der Waals surface area (Å²) < 4.78 is 28.3. The van der Waals surface area contributed by atoms with E-state index in [1.165, 1.54) is 18.3 Å². The van der Waals surface area contributed by atoms with Crippen molar-refractivity contribution in [2.45, 2.75) is 18.4 Å². The average Bonchev–Trinajstić information content (AvgIpc) is 2.72. The van der Waals surface area contributed by atoms with Crippen LogP contribution in [0.4, 0.5) is 5.69 Å². The molecule has 0 bridgehead atoms. The second-order valence-corrected chi connectivity index (χ2v) is 6.24. The van der Waals surface area contributed by atoms with Gasteiger partial charge in [-0.2, -0.15) is 8.42 Å². The van der Waals surface area contributed by atoms with Gasteiger partial charge in [-0.25, -0.2) is 4.98 Å². The Balaban J connectivity index is 2.18. The fraction of sp³-hybridized carbons (Fsp3) is 0.231. The van der Waals surface area contributed by atoms with Crippen LogP contribution in [0.15, 0.2) is 35.5 Å². The van der Waals surface area contributed by atoms with Crippen molar-refractivity contribution in [3.05, 3.63) is 41.9 Å². The monoisotopic (exact) mass is 309 g/mol. The van der Waals surface area contributed by atoms with Crippen LogP contribution in [-0.2, 0) is 28.3 Å². The minimum absolute atomic E-state index is 0.0582. The summed E-state index contributed by atoms with van der Waals surface area (Å²) >= 11 is 0. The van der Waals surface area contributed by atoms with Gasteiger partial charge in [0.15, 0.2) is 5.03 Å². The van der Waals surface area contributed by atoms with Gasteiger partial charge in [-0.3, -0.25) is 9.52 Å². The van der Waals surface area contributed by atoms with Crippen LogP contribution in [0.3, 0.4) is 0 Å². The van der Waals surface area contributed by atoms with E-state index in [1.54, 1.807) is 30.7 Å². The third kappa shape index (κ3) is 3.60. The van der Waals surface area contributed by atoms with E-state index in [4.69, 9.17) is 5.11 Å². The van der Waals surface area contributed by atoms with Gasteiger partial charge in [0.2, 0.25) is 0 Å². The highest BCUT2D eigenvalue weighted by Gasteiger charge is 2.18. The van der Waals surface area contributed by atoms with Crippen molar-refractivity contribution in [2.75, 3.05) is 4.72 Å². The molecule has 0 amide bonds. The molecule has 1 aromatic carbocycles. The molecule has 0 unspecified atom stereocenters. The number of aryl methyl sites for hydroxylation is 2. The number of hydrogen-bond donors (Lipinski definition) is 2. The summed E-state index contributed by atoms with van der Waals surface area (Å²) in [7, 11) is -2.04. The highest BCUT2D eigenvalue weighted by Crippen LogP contribution is 2.16. The molecule has 0 aliphatic carbocycles. The van der Waals surface area contributed by atoms with Gasteiger partial charge in [0.05, 0.1) is 6.42 Å². The second kappa shape index (κ2) is 5.57.